The third-order valence-electron chi connectivity index (χ3n) is 5.86. The predicted octanol–water partition coefficient (Wildman–Crippen LogP) is 3.46. The van der Waals surface area contributed by atoms with Crippen LogP contribution in [0.2, 0.25) is 0 Å². The van der Waals surface area contributed by atoms with Crippen molar-refractivity contribution in [2.45, 2.75) is 69.6 Å². The van der Waals surface area contributed by atoms with E-state index in [1.807, 2.05) is 30.3 Å². The molecule has 0 bridgehead atoms. The zero-order chi connectivity index (χ0) is 19.1. The SMILES string of the molecule is O=C(NC1CCCCCCC1)C1CCN(S(=O)(=O)Cc2ccccc2)CC1. The lowest BCUT2D eigenvalue weighted by Crippen LogP contribution is -2.45. The van der Waals surface area contributed by atoms with E-state index >= 15 is 0 Å². The van der Waals surface area contributed by atoms with E-state index < -0.39 is 10.0 Å². The molecule has 1 amide bonds. The highest BCUT2D eigenvalue weighted by molar-refractivity contribution is 7.88. The summed E-state index contributed by atoms with van der Waals surface area (Å²) in [7, 11) is -3.32. The Morgan fingerprint density at radius 3 is 2.15 bits per heavy atom. The molecule has 0 aromatic heterocycles. The number of sulfonamides is 1. The van der Waals surface area contributed by atoms with E-state index in [4.69, 9.17) is 0 Å². The molecule has 0 unspecified atom stereocenters. The second kappa shape index (κ2) is 9.69. The minimum atomic E-state index is -3.32. The Morgan fingerprint density at radius 2 is 1.52 bits per heavy atom. The third-order valence-corrected chi connectivity index (χ3v) is 7.71. The number of hydrogen-bond donors (Lipinski definition) is 1. The van der Waals surface area contributed by atoms with Crippen molar-refractivity contribution >= 4 is 15.9 Å². The summed E-state index contributed by atoms with van der Waals surface area (Å²) in [6.07, 6.45) is 9.64. The molecule has 150 valence electrons. The maximum atomic E-state index is 12.6. The van der Waals surface area contributed by atoms with Gasteiger partial charge in [-0.15, -0.1) is 0 Å². The first-order valence-corrected chi connectivity index (χ1v) is 12.0. The molecule has 0 radical (unpaired) electrons. The second-order valence-corrected chi connectivity index (χ2v) is 9.93. The Bertz CT molecular complexity index is 689. The van der Waals surface area contributed by atoms with Crippen LogP contribution in [0.15, 0.2) is 30.3 Å². The van der Waals surface area contributed by atoms with Crippen LogP contribution in [0.3, 0.4) is 0 Å². The van der Waals surface area contributed by atoms with Gasteiger partial charge in [-0.1, -0.05) is 62.4 Å². The van der Waals surface area contributed by atoms with Crippen LogP contribution in [0.1, 0.15) is 63.4 Å². The van der Waals surface area contributed by atoms with Gasteiger partial charge in [0.05, 0.1) is 5.75 Å². The van der Waals surface area contributed by atoms with Gasteiger partial charge in [0, 0.05) is 25.0 Å². The molecule has 2 fully saturated rings. The fraction of sp³-hybridized carbons (Fsp3) is 0.667. The van der Waals surface area contributed by atoms with Crippen LogP contribution in [0.5, 0.6) is 0 Å². The summed E-state index contributed by atoms with van der Waals surface area (Å²) in [5.41, 5.74) is 0.807. The maximum absolute atomic E-state index is 12.6. The topological polar surface area (TPSA) is 66.5 Å². The summed E-state index contributed by atoms with van der Waals surface area (Å²) in [6.45, 7) is 0.885. The highest BCUT2D eigenvalue weighted by atomic mass is 32.2. The summed E-state index contributed by atoms with van der Waals surface area (Å²) in [5.74, 6) is 0.103. The lowest BCUT2D eigenvalue weighted by Gasteiger charge is -2.32. The van der Waals surface area contributed by atoms with Gasteiger partial charge in [0.1, 0.15) is 0 Å². The standard InChI is InChI=1S/C21H32N2O3S/c24-21(22-20-11-7-2-1-3-8-12-20)19-13-15-23(16-14-19)27(25,26)17-18-9-5-4-6-10-18/h4-6,9-10,19-20H,1-3,7-8,11-17H2,(H,22,24). The van der Waals surface area contributed by atoms with Crippen molar-refractivity contribution in [1.82, 2.24) is 9.62 Å². The van der Waals surface area contributed by atoms with Crippen molar-refractivity contribution in [3.8, 4) is 0 Å². The smallest absolute Gasteiger partial charge is 0.223 e. The third kappa shape index (κ3) is 6.04. The fourth-order valence-corrected chi connectivity index (χ4v) is 5.76. The normalized spacial score (nSPS) is 21.3. The van der Waals surface area contributed by atoms with Crippen molar-refractivity contribution in [3.05, 3.63) is 35.9 Å². The van der Waals surface area contributed by atoms with Gasteiger partial charge in [-0.2, -0.15) is 0 Å². The molecular formula is C21H32N2O3S. The van der Waals surface area contributed by atoms with Gasteiger partial charge in [0.15, 0.2) is 0 Å². The van der Waals surface area contributed by atoms with E-state index in [2.05, 4.69) is 5.32 Å². The van der Waals surface area contributed by atoms with Gasteiger partial charge in [0.2, 0.25) is 15.9 Å². The Labute approximate surface area is 163 Å². The Hall–Kier alpha value is -1.40. The average Bonchev–Trinajstić information content (AvgIpc) is 2.64. The van der Waals surface area contributed by atoms with Crippen molar-refractivity contribution in [3.63, 3.8) is 0 Å². The molecule has 3 rings (SSSR count). The van der Waals surface area contributed by atoms with E-state index in [9.17, 15) is 13.2 Å². The first kappa shape index (κ1) is 20.3. The highest BCUT2D eigenvalue weighted by Gasteiger charge is 2.31. The number of amides is 1. The molecule has 2 aliphatic rings. The van der Waals surface area contributed by atoms with Gasteiger partial charge in [-0.3, -0.25) is 4.79 Å². The average molecular weight is 393 g/mol. The molecule has 1 aliphatic carbocycles. The summed E-state index contributed by atoms with van der Waals surface area (Å²) < 4.78 is 26.8. The minimum Gasteiger partial charge on any atom is -0.353 e. The summed E-state index contributed by atoms with van der Waals surface area (Å²) in [4.78, 5) is 12.6. The van der Waals surface area contributed by atoms with Crippen molar-refractivity contribution in [1.29, 1.82) is 0 Å². The van der Waals surface area contributed by atoms with E-state index in [-0.39, 0.29) is 17.6 Å². The van der Waals surface area contributed by atoms with Gasteiger partial charge in [-0.25, -0.2) is 12.7 Å². The van der Waals surface area contributed by atoms with Crippen LogP contribution in [0.25, 0.3) is 0 Å². The van der Waals surface area contributed by atoms with Crippen LogP contribution < -0.4 is 5.32 Å². The molecule has 0 atom stereocenters. The number of nitrogens with one attached hydrogen (secondary N) is 1. The van der Waals surface area contributed by atoms with E-state index in [1.165, 1.54) is 32.1 Å². The Balaban J connectivity index is 1.48. The number of rotatable bonds is 5. The molecule has 1 saturated heterocycles. The molecule has 0 spiro atoms. The second-order valence-electron chi connectivity index (χ2n) is 7.97. The zero-order valence-electron chi connectivity index (χ0n) is 16.1. The zero-order valence-corrected chi connectivity index (χ0v) is 16.9. The van der Waals surface area contributed by atoms with Crippen molar-refractivity contribution in [2.24, 2.45) is 5.92 Å². The van der Waals surface area contributed by atoms with Crippen LogP contribution in [0.4, 0.5) is 0 Å². The molecular weight excluding hydrogens is 360 g/mol. The lowest BCUT2D eigenvalue weighted by atomic mass is 9.94. The quantitative estimate of drug-likeness (QED) is 0.834. The first-order chi connectivity index (χ1) is 13.0. The maximum Gasteiger partial charge on any atom is 0.223 e. The number of piperidine rings is 1. The van der Waals surface area contributed by atoms with E-state index in [0.29, 0.717) is 32.0 Å². The molecule has 1 N–H and O–H groups in total. The molecule has 1 saturated carbocycles. The molecule has 6 heteroatoms. The van der Waals surface area contributed by atoms with Crippen molar-refractivity contribution in [2.75, 3.05) is 13.1 Å². The first-order valence-electron chi connectivity index (χ1n) is 10.4. The van der Waals surface area contributed by atoms with Crippen LogP contribution in [-0.2, 0) is 20.6 Å². The number of carbonyl (C=O) groups excluding carboxylic acids is 1. The molecule has 1 heterocycles. The lowest BCUT2D eigenvalue weighted by molar-refractivity contribution is -0.127. The molecule has 1 aromatic rings. The predicted molar refractivity (Wildman–Crippen MR) is 108 cm³/mol. The summed E-state index contributed by atoms with van der Waals surface area (Å²) in [6, 6.07) is 9.58. The fourth-order valence-electron chi connectivity index (χ4n) is 4.19. The van der Waals surface area contributed by atoms with Gasteiger partial charge < -0.3 is 5.32 Å². The van der Waals surface area contributed by atoms with E-state index in [0.717, 1.165) is 18.4 Å². The van der Waals surface area contributed by atoms with Crippen molar-refractivity contribution < 1.29 is 13.2 Å². The Morgan fingerprint density at radius 1 is 0.926 bits per heavy atom. The number of hydrogen-bond acceptors (Lipinski definition) is 3. The number of benzene rings is 1. The van der Waals surface area contributed by atoms with Gasteiger partial charge in [-0.05, 0) is 31.2 Å². The highest BCUT2D eigenvalue weighted by Crippen LogP contribution is 2.23. The summed E-state index contributed by atoms with van der Waals surface area (Å²) >= 11 is 0. The van der Waals surface area contributed by atoms with Crippen LogP contribution >= 0.6 is 0 Å². The monoisotopic (exact) mass is 392 g/mol. The summed E-state index contributed by atoms with van der Waals surface area (Å²) in [5, 5.41) is 3.24. The van der Waals surface area contributed by atoms with Crippen LogP contribution in [-0.4, -0.2) is 37.8 Å². The minimum absolute atomic E-state index is 0.0345. The molecule has 5 nitrogen and oxygen atoms in total. The van der Waals surface area contributed by atoms with Gasteiger partial charge >= 0.3 is 0 Å². The van der Waals surface area contributed by atoms with E-state index in [1.54, 1.807) is 4.31 Å². The largest absolute Gasteiger partial charge is 0.353 e. The van der Waals surface area contributed by atoms with Gasteiger partial charge in [0.25, 0.3) is 0 Å². The van der Waals surface area contributed by atoms with Crippen LogP contribution in [0, 0.1) is 5.92 Å². The number of carbonyl (C=O) groups is 1. The molecule has 1 aromatic carbocycles. The molecule has 27 heavy (non-hydrogen) atoms. The number of nitrogens with zero attached hydrogens (tertiary/aromatic N) is 1. The Kier molecular flexibility index (Phi) is 7.30. The molecule has 1 aliphatic heterocycles.